The van der Waals surface area contributed by atoms with Crippen molar-refractivity contribution < 1.29 is 27.5 Å². The van der Waals surface area contributed by atoms with E-state index in [0.29, 0.717) is 31.1 Å². The predicted molar refractivity (Wildman–Crippen MR) is 139 cm³/mol. The van der Waals surface area contributed by atoms with Crippen LogP contribution in [0.4, 0.5) is 5.69 Å². The second-order valence-electron chi connectivity index (χ2n) is 9.20. The third-order valence-corrected chi connectivity index (χ3v) is 6.89. The molecule has 1 heterocycles. The third-order valence-electron chi connectivity index (χ3n) is 5.75. The molecule has 10 heteroatoms. The number of amides is 2. The summed E-state index contributed by atoms with van der Waals surface area (Å²) >= 11 is 0. The van der Waals surface area contributed by atoms with Gasteiger partial charge < -0.3 is 19.7 Å². The molecule has 196 valence electrons. The van der Waals surface area contributed by atoms with Crippen LogP contribution in [0.15, 0.2) is 42.5 Å². The van der Waals surface area contributed by atoms with Gasteiger partial charge >= 0.3 is 0 Å². The number of nitrogens with zero attached hydrogens (tertiary/aromatic N) is 2. The van der Waals surface area contributed by atoms with Crippen molar-refractivity contribution in [1.29, 1.82) is 0 Å². The van der Waals surface area contributed by atoms with Crippen molar-refractivity contribution in [2.75, 3.05) is 30.3 Å². The highest BCUT2D eigenvalue weighted by molar-refractivity contribution is 7.92. The zero-order valence-electron chi connectivity index (χ0n) is 21.5. The molecule has 9 nitrogen and oxygen atoms in total. The van der Waals surface area contributed by atoms with E-state index in [9.17, 15) is 18.0 Å². The Bertz CT molecular complexity index is 1200. The lowest BCUT2D eigenvalue weighted by atomic mass is 10.1. The molecule has 1 unspecified atom stereocenters. The van der Waals surface area contributed by atoms with Gasteiger partial charge in [-0.3, -0.25) is 13.9 Å². The van der Waals surface area contributed by atoms with Crippen LogP contribution < -0.4 is 19.1 Å². The quantitative estimate of drug-likeness (QED) is 0.520. The Hall–Kier alpha value is -3.27. The summed E-state index contributed by atoms with van der Waals surface area (Å²) in [6.07, 6.45) is 1.42. The highest BCUT2D eigenvalue weighted by Gasteiger charge is 2.32. The summed E-state index contributed by atoms with van der Waals surface area (Å²) in [5.74, 6) is 0.169. The van der Waals surface area contributed by atoms with E-state index >= 15 is 0 Å². The second kappa shape index (κ2) is 11.6. The van der Waals surface area contributed by atoms with Gasteiger partial charge in [0, 0.05) is 18.7 Å². The number of ether oxygens (including phenoxy) is 2. The van der Waals surface area contributed by atoms with E-state index in [4.69, 9.17) is 9.47 Å². The standard InChI is InChI=1S/C26H35N3O6S/c1-6-22(26(31)27-18(2)3)28(16-20-9-7-8-19(4)14-20)25(30)17-29(36(5,32)33)21-10-11-23-24(15-21)35-13-12-34-23/h7-11,14-15,18,22H,6,12-13,16-17H2,1-5H3,(H,27,31). The van der Waals surface area contributed by atoms with E-state index < -0.39 is 28.5 Å². The Morgan fingerprint density at radius 1 is 1.06 bits per heavy atom. The van der Waals surface area contributed by atoms with Crippen molar-refractivity contribution in [3.8, 4) is 11.5 Å². The molecule has 2 aromatic rings. The maximum absolute atomic E-state index is 13.7. The fourth-order valence-electron chi connectivity index (χ4n) is 4.11. The summed E-state index contributed by atoms with van der Waals surface area (Å²) in [4.78, 5) is 28.2. The molecule has 0 aromatic heterocycles. The topological polar surface area (TPSA) is 105 Å². The molecule has 36 heavy (non-hydrogen) atoms. The summed E-state index contributed by atoms with van der Waals surface area (Å²) in [5.41, 5.74) is 2.16. The molecule has 2 amide bonds. The molecule has 0 spiro atoms. The Balaban J connectivity index is 1.96. The molecule has 1 atom stereocenters. The van der Waals surface area contributed by atoms with Crippen LogP contribution >= 0.6 is 0 Å². The largest absolute Gasteiger partial charge is 0.486 e. The fraction of sp³-hybridized carbons (Fsp3) is 0.462. The van der Waals surface area contributed by atoms with Crippen LogP contribution in [0.25, 0.3) is 0 Å². The highest BCUT2D eigenvalue weighted by atomic mass is 32.2. The third kappa shape index (κ3) is 6.90. The molecule has 2 aromatic carbocycles. The molecule has 1 aliphatic heterocycles. The van der Waals surface area contributed by atoms with Gasteiger partial charge in [0.25, 0.3) is 0 Å². The van der Waals surface area contributed by atoms with Gasteiger partial charge in [-0.05, 0) is 44.9 Å². The number of aryl methyl sites for hydroxylation is 1. The minimum Gasteiger partial charge on any atom is -0.486 e. The number of carbonyl (C=O) groups excluding carboxylic acids is 2. The molecule has 0 saturated heterocycles. The first-order valence-electron chi connectivity index (χ1n) is 12.0. The normalized spacial score (nSPS) is 13.7. The number of fused-ring (bicyclic) bond motifs is 1. The van der Waals surface area contributed by atoms with E-state index in [-0.39, 0.29) is 24.2 Å². The molecule has 0 fully saturated rings. The average molecular weight is 518 g/mol. The molecule has 1 N–H and O–H groups in total. The zero-order valence-corrected chi connectivity index (χ0v) is 22.3. The molecule has 3 rings (SSSR count). The lowest BCUT2D eigenvalue weighted by molar-refractivity contribution is -0.140. The van der Waals surface area contributed by atoms with Crippen molar-refractivity contribution in [3.63, 3.8) is 0 Å². The van der Waals surface area contributed by atoms with Crippen LogP contribution in [0.3, 0.4) is 0 Å². The summed E-state index contributed by atoms with van der Waals surface area (Å²) in [6.45, 7) is 7.95. The van der Waals surface area contributed by atoms with Crippen molar-refractivity contribution in [3.05, 3.63) is 53.6 Å². The number of hydrogen-bond acceptors (Lipinski definition) is 6. The maximum Gasteiger partial charge on any atom is 0.244 e. The lowest BCUT2D eigenvalue weighted by Gasteiger charge is -2.33. The predicted octanol–water partition coefficient (Wildman–Crippen LogP) is 2.86. The first kappa shape index (κ1) is 27.3. The Labute approximate surface area is 213 Å². The van der Waals surface area contributed by atoms with E-state index in [0.717, 1.165) is 21.7 Å². The fourth-order valence-corrected chi connectivity index (χ4v) is 4.95. The van der Waals surface area contributed by atoms with E-state index in [1.807, 2.05) is 52.0 Å². The average Bonchev–Trinajstić information content (AvgIpc) is 2.80. The molecule has 1 aliphatic rings. The van der Waals surface area contributed by atoms with Crippen LogP contribution in [0, 0.1) is 6.92 Å². The number of hydrogen-bond donors (Lipinski definition) is 1. The van der Waals surface area contributed by atoms with E-state index in [1.54, 1.807) is 18.2 Å². The van der Waals surface area contributed by atoms with Crippen LogP contribution in [0.2, 0.25) is 0 Å². The van der Waals surface area contributed by atoms with Gasteiger partial charge in [0.15, 0.2) is 11.5 Å². The Morgan fingerprint density at radius 2 is 1.75 bits per heavy atom. The number of benzene rings is 2. The van der Waals surface area contributed by atoms with Gasteiger partial charge in [0.2, 0.25) is 21.8 Å². The minimum absolute atomic E-state index is 0.104. The summed E-state index contributed by atoms with van der Waals surface area (Å²) in [7, 11) is -3.84. The van der Waals surface area contributed by atoms with Crippen molar-refractivity contribution in [1.82, 2.24) is 10.2 Å². The number of sulfonamides is 1. The summed E-state index contributed by atoms with van der Waals surface area (Å²) in [5, 5.41) is 2.88. The van der Waals surface area contributed by atoms with Gasteiger partial charge in [0.05, 0.1) is 11.9 Å². The van der Waals surface area contributed by atoms with Crippen molar-refractivity contribution in [2.24, 2.45) is 0 Å². The smallest absolute Gasteiger partial charge is 0.244 e. The van der Waals surface area contributed by atoms with Crippen molar-refractivity contribution >= 4 is 27.5 Å². The highest BCUT2D eigenvalue weighted by Crippen LogP contribution is 2.34. The van der Waals surface area contributed by atoms with Gasteiger partial charge in [-0.2, -0.15) is 0 Å². The van der Waals surface area contributed by atoms with Gasteiger partial charge in [0.1, 0.15) is 25.8 Å². The number of nitrogens with one attached hydrogen (secondary N) is 1. The monoisotopic (exact) mass is 517 g/mol. The first-order chi connectivity index (χ1) is 17.0. The molecule has 0 aliphatic carbocycles. The second-order valence-corrected chi connectivity index (χ2v) is 11.1. The number of carbonyl (C=O) groups is 2. The maximum atomic E-state index is 13.7. The minimum atomic E-state index is -3.84. The van der Waals surface area contributed by atoms with Gasteiger partial charge in [-0.25, -0.2) is 8.42 Å². The molecule has 0 radical (unpaired) electrons. The number of anilines is 1. The Morgan fingerprint density at radius 3 is 2.36 bits per heavy atom. The van der Waals surface area contributed by atoms with Crippen LogP contribution in [-0.4, -0.2) is 63.2 Å². The SMILES string of the molecule is CCC(C(=O)NC(C)C)N(Cc1cccc(C)c1)C(=O)CN(c1ccc2c(c1)OCCO2)S(C)(=O)=O. The van der Waals surface area contributed by atoms with Crippen LogP contribution in [0.5, 0.6) is 11.5 Å². The molecule has 0 saturated carbocycles. The van der Waals surface area contributed by atoms with Crippen LogP contribution in [-0.2, 0) is 26.2 Å². The van der Waals surface area contributed by atoms with Gasteiger partial charge in [-0.15, -0.1) is 0 Å². The number of rotatable bonds is 10. The summed E-state index contributed by atoms with van der Waals surface area (Å²) in [6, 6.07) is 11.6. The van der Waals surface area contributed by atoms with Crippen molar-refractivity contribution in [2.45, 2.75) is 52.7 Å². The van der Waals surface area contributed by atoms with E-state index in [1.165, 1.54) is 4.90 Å². The molecular weight excluding hydrogens is 482 g/mol. The summed E-state index contributed by atoms with van der Waals surface area (Å²) < 4.78 is 37.7. The Kier molecular flexibility index (Phi) is 8.84. The molecular formula is C26H35N3O6S. The molecule has 0 bridgehead atoms. The zero-order chi connectivity index (χ0) is 26.5. The van der Waals surface area contributed by atoms with Crippen LogP contribution in [0.1, 0.15) is 38.3 Å². The van der Waals surface area contributed by atoms with Gasteiger partial charge in [-0.1, -0.05) is 36.8 Å². The lowest BCUT2D eigenvalue weighted by Crippen LogP contribution is -2.53. The van der Waals surface area contributed by atoms with E-state index in [2.05, 4.69) is 5.32 Å². The first-order valence-corrected chi connectivity index (χ1v) is 13.9.